The molecule has 0 radical (unpaired) electrons. The molecule has 0 aromatic heterocycles. The SMILES string of the molecule is O=C(NC(CCCc1ccccc1)CCCc1ccccc1)[C@@H]1c2ccccc2CCN1S(=O)(=O)C=Cc1ccccc1. The van der Waals surface area contributed by atoms with Crippen molar-refractivity contribution in [3.05, 3.63) is 148 Å². The van der Waals surface area contributed by atoms with Gasteiger partial charge >= 0.3 is 0 Å². The van der Waals surface area contributed by atoms with Gasteiger partial charge in [0.1, 0.15) is 6.04 Å². The molecular formula is C37H40N2O3S. The second kappa shape index (κ2) is 14.9. The van der Waals surface area contributed by atoms with Crippen molar-refractivity contribution in [3.63, 3.8) is 0 Å². The molecule has 43 heavy (non-hydrogen) atoms. The highest BCUT2D eigenvalue weighted by atomic mass is 32.2. The number of nitrogens with one attached hydrogen (secondary N) is 1. The van der Waals surface area contributed by atoms with Crippen LogP contribution in [-0.4, -0.2) is 31.2 Å². The van der Waals surface area contributed by atoms with Gasteiger partial charge in [0, 0.05) is 18.0 Å². The fourth-order valence-corrected chi connectivity index (χ4v) is 7.19. The highest BCUT2D eigenvalue weighted by Gasteiger charge is 2.39. The Balaban J connectivity index is 1.34. The minimum atomic E-state index is -3.87. The van der Waals surface area contributed by atoms with Crippen molar-refractivity contribution in [1.82, 2.24) is 9.62 Å². The molecule has 0 saturated carbocycles. The Morgan fingerprint density at radius 2 is 1.30 bits per heavy atom. The van der Waals surface area contributed by atoms with E-state index in [2.05, 4.69) is 53.8 Å². The van der Waals surface area contributed by atoms with Crippen LogP contribution in [0.25, 0.3) is 6.08 Å². The summed E-state index contributed by atoms with van der Waals surface area (Å²) in [5.41, 5.74) is 5.13. The number of aryl methyl sites for hydroxylation is 2. The summed E-state index contributed by atoms with van der Waals surface area (Å²) in [6.07, 6.45) is 7.55. The minimum absolute atomic E-state index is 0.0570. The van der Waals surface area contributed by atoms with E-state index < -0.39 is 16.1 Å². The van der Waals surface area contributed by atoms with Crippen LogP contribution in [0.5, 0.6) is 0 Å². The van der Waals surface area contributed by atoms with Crippen molar-refractivity contribution in [3.8, 4) is 0 Å². The number of hydrogen-bond donors (Lipinski definition) is 1. The number of carbonyl (C=O) groups excluding carboxylic acids is 1. The molecule has 4 aromatic carbocycles. The zero-order valence-electron chi connectivity index (χ0n) is 24.5. The van der Waals surface area contributed by atoms with Crippen LogP contribution in [0.3, 0.4) is 0 Å². The molecule has 1 aliphatic rings. The van der Waals surface area contributed by atoms with Crippen LogP contribution in [-0.2, 0) is 34.1 Å². The molecule has 0 aliphatic carbocycles. The largest absolute Gasteiger partial charge is 0.352 e. The molecule has 1 aliphatic heterocycles. The lowest BCUT2D eigenvalue weighted by Crippen LogP contribution is -2.48. The predicted octanol–water partition coefficient (Wildman–Crippen LogP) is 7.12. The summed E-state index contributed by atoms with van der Waals surface area (Å²) in [6, 6.07) is 36.9. The molecule has 1 N–H and O–H groups in total. The predicted molar refractivity (Wildman–Crippen MR) is 175 cm³/mol. The Morgan fingerprint density at radius 3 is 1.91 bits per heavy atom. The summed E-state index contributed by atoms with van der Waals surface area (Å²) >= 11 is 0. The van der Waals surface area contributed by atoms with E-state index in [0.717, 1.165) is 55.2 Å². The number of fused-ring (bicyclic) bond motifs is 1. The Kier molecular flexibility index (Phi) is 10.6. The van der Waals surface area contributed by atoms with Crippen molar-refractivity contribution in [2.75, 3.05) is 6.54 Å². The molecule has 1 atom stereocenters. The highest BCUT2D eigenvalue weighted by Crippen LogP contribution is 2.33. The van der Waals surface area contributed by atoms with E-state index in [9.17, 15) is 13.2 Å². The van der Waals surface area contributed by atoms with Crippen LogP contribution in [0, 0.1) is 0 Å². The van der Waals surface area contributed by atoms with Crippen molar-refractivity contribution in [2.45, 2.75) is 57.0 Å². The number of benzene rings is 4. The fraction of sp³-hybridized carbons (Fsp3) is 0.270. The minimum Gasteiger partial charge on any atom is -0.352 e. The Hall–Kier alpha value is -4.00. The second-order valence-electron chi connectivity index (χ2n) is 11.2. The standard InChI is InChI=1S/C37H40N2O3S/c40-37(38-34(23-12-20-30-14-4-1-5-15-30)24-13-21-31-16-6-2-7-17-31)36-35-25-11-10-22-33(35)26-28-39(36)43(41,42)29-27-32-18-8-3-9-19-32/h1-11,14-19,22,25,27,29,34,36H,12-13,20-21,23-24,26,28H2,(H,38,40)/t36-/m0/s1. The average molecular weight is 593 g/mol. The maximum Gasteiger partial charge on any atom is 0.243 e. The number of carbonyl (C=O) groups is 1. The molecule has 0 unspecified atom stereocenters. The van der Waals surface area contributed by atoms with Gasteiger partial charge in [0.25, 0.3) is 0 Å². The highest BCUT2D eigenvalue weighted by molar-refractivity contribution is 7.92. The Morgan fingerprint density at radius 1 is 0.767 bits per heavy atom. The van der Waals surface area contributed by atoms with Gasteiger partial charge in [-0.2, -0.15) is 4.31 Å². The topological polar surface area (TPSA) is 66.5 Å². The van der Waals surface area contributed by atoms with Gasteiger partial charge in [-0.15, -0.1) is 0 Å². The number of nitrogens with zero attached hydrogens (tertiary/aromatic N) is 1. The van der Waals surface area contributed by atoms with Gasteiger partial charge < -0.3 is 5.32 Å². The second-order valence-corrected chi connectivity index (χ2v) is 13.0. The first kappa shape index (κ1) is 30.5. The van der Waals surface area contributed by atoms with Crippen molar-refractivity contribution >= 4 is 22.0 Å². The van der Waals surface area contributed by atoms with Gasteiger partial charge in [-0.25, -0.2) is 8.42 Å². The maximum atomic E-state index is 14.1. The number of hydrogen-bond acceptors (Lipinski definition) is 3. The molecule has 1 heterocycles. The van der Waals surface area contributed by atoms with E-state index in [4.69, 9.17) is 0 Å². The van der Waals surface area contributed by atoms with Gasteiger partial charge in [0.05, 0.1) is 0 Å². The van der Waals surface area contributed by atoms with Gasteiger partial charge in [-0.05, 0) is 78.8 Å². The molecule has 222 valence electrons. The molecule has 6 heteroatoms. The molecule has 0 bridgehead atoms. The van der Waals surface area contributed by atoms with Gasteiger partial charge in [-0.1, -0.05) is 115 Å². The van der Waals surface area contributed by atoms with Crippen LogP contribution in [0.2, 0.25) is 0 Å². The van der Waals surface area contributed by atoms with Gasteiger partial charge in [0.15, 0.2) is 0 Å². The summed E-state index contributed by atoms with van der Waals surface area (Å²) in [7, 11) is -3.87. The summed E-state index contributed by atoms with van der Waals surface area (Å²) < 4.78 is 28.7. The van der Waals surface area contributed by atoms with Gasteiger partial charge in [0.2, 0.25) is 15.9 Å². The maximum absolute atomic E-state index is 14.1. The zero-order chi connectivity index (χ0) is 29.9. The van der Waals surface area contributed by atoms with Crippen molar-refractivity contribution < 1.29 is 13.2 Å². The Labute approximate surface area is 256 Å². The molecule has 0 spiro atoms. The molecule has 0 fully saturated rings. The first-order valence-corrected chi connectivity index (χ1v) is 16.7. The molecule has 1 amide bonds. The third kappa shape index (κ3) is 8.53. The third-order valence-electron chi connectivity index (χ3n) is 8.11. The number of sulfonamides is 1. The third-order valence-corrected chi connectivity index (χ3v) is 9.64. The van der Waals surface area contributed by atoms with Crippen LogP contribution < -0.4 is 5.32 Å². The van der Waals surface area contributed by atoms with E-state index in [1.807, 2.05) is 66.7 Å². The quantitative estimate of drug-likeness (QED) is 0.180. The van der Waals surface area contributed by atoms with Gasteiger partial charge in [-0.3, -0.25) is 4.79 Å². The zero-order valence-corrected chi connectivity index (χ0v) is 25.3. The van der Waals surface area contributed by atoms with E-state index >= 15 is 0 Å². The summed E-state index contributed by atoms with van der Waals surface area (Å²) in [5.74, 6) is -0.256. The normalized spacial score (nSPS) is 15.4. The van der Waals surface area contributed by atoms with E-state index in [1.165, 1.54) is 20.8 Å². The first-order chi connectivity index (χ1) is 21.0. The number of rotatable bonds is 13. The molecule has 4 aromatic rings. The van der Waals surface area contributed by atoms with E-state index in [-0.39, 0.29) is 18.5 Å². The molecule has 5 rings (SSSR count). The lowest BCUT2D eigenvalue weighted by atomic mass is 9.93. The summed E-state index contributed by atoms with van der Waals surface area (Å²) in [6.45, 7) is 0.253. The van der Waals surface area contributed by atoms with Crippen molar-refractivity contribution in [1.29, 1.82) is 0 Å². The monoisotopic (exact) mass is 592 g/mol. The lowest BCUT2D eigenvalue weighted by Gasteiger charge is -2.35. The first-order valence-electron chi connectivity index (χ1n) is 15.2. The lowest BCUT2D eigenvalue weighted by molar-refractivity contribution is -0.126. The summed E-state index contributed by atoms with van der Waals surface area (Å²) in [5, 5.41) is 4.54. The average Bonchev–Trinajstić information content (AvgIpc) is 3.04. The van der Waals surface area contributed by atoms with E-state index in [1.54, 1.807) is 6.08 Å². The smallest absolute Gasteiger partial charge is 0.243 e. The van der Waals surface area contributed by atoms with Crippen LogP contribution in [0.4, 0.5) is 0 Å². The van der Waals surface area contributed by atoms with E-state index in [0.29, 0.717) is 6.42 Å². The van der Waals surface area contributed by atoms with Crippen LogP contribution >= 0.6 is 0 Å². The Bertz CT molecular complexity index is 1540. The molecule has 0 saturated heterocycles. The van der Waals surface area contributed by atoms with Crippen LogP contribution in [0.1, 0.15) is 59.5 Å². The summed E-state index contributed by atoms with van der Waals surface area (Å²) in [4.78, 5) is 14.1. The number of amides is 1. The molecular weight excluding hydrogens is 552 g/mol. The van der Waals surface area contributed by atoms with Crippen LogP contribution in [0.15, 0.2) is 121 Å². The molecule has 5 nitrogen and oxygen atoms in total. The fourth-order valence-electron chi connectivity index (χ4n) is 5.86. The van der Waals surface area contributed by atoms with Crippen molar-refractivity contribution in [2.24, 2.45) is 0 Å².